The predicted molar refractivity (Wildman–Crippen MR) is 78.7 cm³/mol. The van der Waals surface area contributed by atoms with Gasteiger partial charge in [-0.2, -0.15) is 0 Å². The van der Waals surface area contributed by atoms with E-state index in [1.54, 1.807) is 0 Å². The van der Waals surface area contributed by atoms with E-state index in [1.165, 1.54) is 12.1 Å². The molecule has 1 saturated heterocycles. The Morgan fingerprint density at radius 2 is 2.09 bits per heavy atom. The lowest BCUT2D eigenvalue weighted by Gasteiger charge is -2.23. The highest BCUT2D eigenvalue weighted by molar-refractivity contribution is 7.91. The summed E-state index contributed by atoms with van der Waals surface area (Å²) in [6.45, 7) is 1.83. The lowest BCUT2D eigenvalue weighted by atomic mass is 10.2. The van der Waals surface area contributed by atoms with E-state index in [4.69, 9.17) is 4.74 Å². The summed E-state index contributed by atoms with van der Waals surface area (Å²) >= 11 is 0. The van der Waals surface area contributed by atoms with Crippen LogP contribution in [-0.2, 0) is 19.4 Å². The first-order valence-corrected chi connectivity index (χ1v) is 8.69. The third-order valence-corrected chi connectivity index (χ3v) is 5.03. The highest BCUT2D eigenvalue weighted by Crippen LogP contribution is 2.11. The van der Waals surface area contributed by atoms with Gasteiger partial charge >= 0.3 is 0 Å². The first-order chi connectivity index (χ1) is 10.5. The van der Waals surface area contributed by atoms with Gasteiger partial charge in [0.2, 0.25) is 5.91 Å². The fraction of sp³-hybridized carbons (Fsp3) is 0.500. The average Bonchev–Trinajstić information content (AvgIpc) is 2.48. The van der Waals surface area contributed by atoms with Crippen LogP contribution in [0.4, 0.5) is 4.39 Å². The Hall–Kier alpha value is -1.51. The van der Waals surface area contributed by atoms with Crippen LogP contribution in [0.15, 0.2) is 29.2 Å². The number of amides is 1. The van der Waals surface area contributed by atoms with Crippen LogP contribution in [0.2, 0.25) is 0 Å². The minimum Gasteiger partial charge on any atom is -0.378 e. The van der Waals surface area contributed by atoms with E-state index in [2.05, 4.69) is 10.6 Å². The van der Waals surface area contributed by atoms with Crippen LogP contribution in [0.25, 0.3) is 0 Å². The summed E-state index contributed by atoms with van der Waals surface area (Å²) in [5.41, 5.74) is 0. The van der Waals surface area contributed by atoms with Gasteiger partial charge in [-0.3, -0.25) is 4.79 Å². The third kappa shape index (κ3) is 5.04. The summed E-state index contributed by atoms with van der Waals surface area (Å²) in [6, 6.07) is 4.59. The molecule has 0 spiro atoms. The first-order valence-electron chi connectivity index (χ1n) is 7.03. The fourth-order valence-electron chi connectivity index (χ4n) is 2.13. The molecule has 1 aromatic rings. The Bertz CT molecular complexity index is 598. The maximum Gasteiger partial charge on any atom is 0.221 e. The topological polar surface area (TPSA) is 84.5 Å². The number of benzene rings is 1. The van der Waals surface area contributed by atoms with Gasteiger partial charge in [0.05, 0.1) is 23.9 Å². The van der Waals surface area contributed by atoms with Crippen molar-refractivity contribution in [1.29, 1.82) is 0 Å². The monoisotopic (exact) mass is 330 g/mol. The van der Waals surface area contributed by atoms with Crippen molar-refractivity contribution in [3.63, 3.8) is 0 Å². The van der Waals surface area contributed by atoms with Crippen LogP contribution in [0, 0.1) is 5.82 Å². The minimum absolute atomic E-state index is 0.0200. The number of nitrogens with one attached hydrogen (secondary N) is 2. The zero-order valence-corrected chi connectivity index (χ0v) is 12.9. The second-order valence-corrected chi connectivity index (χ2v) is 7.16. The maximum absolute atomic E-state index is 12.8. The SMILES string of the molecule is O=C(CC1COCCN1)NCCS(=O)(=O)c1ccc(F)cc1. The van der Waals surface area contributed by atoms with Gasteiger partial charge in [-0.25, -0.2) is 12.8 Å². The second-order valence-electron chi connectivity index (χ2n) is 5.05. The van der Waals surface area contributed by atoms with Gasteiger partial charge in [0.1, 0.15) is 5.82 Å². The molecule has 0 bridgehead atoms. The van der Waals surface area contributed by atoms with Gasteiger partial charge in [-0.05, 0) is 24.3 Å². The molecule has 122 valence electrons. The van der Waals surface area contributed by atoms with Gasteiger partial charge in [-0.1, -0.05) is 0 Å². The summed E-state index contributed by atoms with van der Waals surface area (Å²) in [4.78, 5) is 11.8. The number of hydrogen-bond acceptors (Lipinski definition) is 5. The molecule has 0 aromatic heterocycles. The molecular weight excluding hydrogens is 311 g/mol. The van der Waals surface area contributed by atoms with Crippen molar-refractivity contribution in [2.45, 2.75) is 17.4 Å². The molecule has 1 atom stereocenters. The number of carbonyl (C=O) groups excluding carboxylic acids is 1. The van der Waals surface area contributed by atoms with Crippen molar-refractivity contribution in [3.05, 3.63) is 30.1 Å². The van der Waals surface area contributed by atoms with Crippen LogP contribution >= 0.6 is 0 Å². The molecule has 0 radical (unpaired) electrons. The van der Waals surface area contributed by atoms with Gasteiger partial charge in [0.25, 0.3) is 0 Å². The number of carbonyl (C=O) groups is 1. The number of ether oxygens (including phenoxy) is 1. The molecule has 1 aliphatic rings. The summed E-state index contributed by atoms with van der Waals surface area (Å²) in [7, 11) is -3.53. The van der Waals surface area contributed by atoms with E-state index in [0.717, 1.165) is 12.1 Å². The number of morpholine rings is 1. The second kappa shape index (κ2) is 7.66. The summed E-state index contributed by atoms with van der Waals surface area (Å²) in [5, 5.41) is 5.73. The van der Waals surface area contributed by atoms with Crippen LogP contribution in [0.1, 0.15) is 6.42 Å². The van der Waals surface area contributed by atoms with Crippen molar-refractivity contribution in [2.24, 2.45) is 0 Å². The van der Waals surface area contributed by atoms with Crippen molar-refractivity contribution in [3.8, 4) is 0 Å². The number of sulfone groups is 1. The van der Waals surface area contributed by atoms with Crippen molar-refractivity contribution in [1.82, 2.24) is 10.6 Å². The molecule has 1 aliphatic heterocycles. The molecule has 2 N–H and O–H groups in total. The third-order valence-electron chi connectivity index (χ3n) is 3.30. The summed E-state index contributed by atoms with van der Waals surface area (Å²) < 4.78 is 42.0. The molecule has 6 nitrogen and oxygen atoms in total. The number of hydrogen-bond donors (Lipinski definition) is 2. The largest absolute Gasteiger partial charge is 0.378 e. The van der Waals surface area contributed by atoms with Gasteiger partial charge in [-0.15, -0.1) is 0 Å². The van der Waals surface area contributed by atoms with Crippen molar-refractivity contribution < 1.29 is 22.3 Å². The van der Waals surface area contributed by atoms with Crippen LogP contribution in [0.3, 0.4) is 0 Å². The van der Waals surface area contributed by atoms with E-state index in [0.29, 0.717) is 19.8 Å². The van der Waals surface area contributed by atoms with Gasteiger partial charge in [0.15, 0.2) is 9.84 Å². The number of halogens is 1. The predicted octanol–water partition coefficient (Wildman–Crippen LogP) is 0.0941. The Morgan fingerprint density at radius 3 is 2.73 bits per heavy atom. The molecule has 1 fully saturated rings. The van der Waals surface area contributed by atoms with E-state index < -0.39 is 15.7 Å². The standard InChI is InChI=1S/C14H19FN2O4S/c15-11-1-3-13(4-2-11)22(19,20)8-6-17-14(18)9-12-10-21-7-5-16-12/h1-4,12,16H,5-10H2,(H,17,18). The van der Waals surface area contributed by atoms with Crippen LogP contribution in [0.5, 0.6) is 0 Å². The molecule has 2 rings (SSSR count). The Labute approximate surface area is 129 Å². The zero-order chi connectivity index (χ0) is 16.0. The molecular formula is C14H19FN2O4S. The summed E-state index contributed by atoms with van der Waals surface area (Å²) in [5.74, 6) is -0.939. The molecule has 1 heterocycles. The first kappa shape index (κ1) is 16.9. The molecule has 1 aromatic carbocycles. The molecule has 1 amide bonds. The quantitative estimate of drug-likeness (QED) is 0.723. The Morgan fingerprint density at radius 1 is 1.36 bits per heavy atom. The average molecular weight is 330 g/mol. The normalized spacial score (nSPS) is 18.9. The Kier molecular flexibility index (Phi) is 5.87. The van der Waals surface area contributed by atoms with E-state index in [1.807, 2.05) is 0 Å². The highest BCUT2D eigenvalue weighted by atomic mass is 32.2. The van der Waals surface area contributed by atoms with Crippen molar-refractivity contribution in [2.75, 3.05) is 32.1 Å². The van der Waals surface area contributed by atoms with Gasteiger partial charge < -0.3 is 15.4 Å². The van der Waals surface area contributed by atoms with E-state index in [-0.39, 0.29) is 35.6 Å². The fourth-order valence-corrected chi connectivity index (χ4v) is 3.29. The lowest BCUT2D eigenvalue weighted by molar-refractivity contribution is -0.122. The number of rotatable bonds is 6. The summed E-state index contributed by atoms with van der Waals surface area (Å²) in [6.07, 6.45) is 0.247. The molecule has 8 heteroatoms. The smallest absolute Gasteiger partial charge is 0.221 e. The minimum atomic E-state index is -3.53. The molecule has 1 unspecified atom stereocenters. The highest BCUT2D eigenvalue weighted by Gasteiger charge is 2.18. The molecule has 22 heavy (non-hydrogen) atoms. The van der Waals surface area contributed by atoms with Gasteiger partial charge in [0, 0.05) is 25.6 Å². The maximum atomic E-state index is 12.8. The zero-order valence-electron chi connectivity index (χ0n) is 12.0. The van der Waals surface area contributed by atoms with Crippen LogP contribution < -0.4 is 10.6 Å². The molecule has 0 saturated carbocycles. The Balaban J connectivity index is 1.77. The van der Waals surface area contributed by atoms with Crippen molar-refractivity contribution >= 4 is 15.7 Å². The van der Waals surface area contributed by atoms with Crippen LogP contribution in [-0.4, -0.2) is 52.4 Å². The van der Waals surface area contributed by atoms with E-state index >= 15 is 0 Å². The molecule has 0 aliphatic carbocycles. The lowest BCUT2D eigenvalue weighted by Crippen LogP contribution is -2.44. The van der Waals surface area contributed by atoms with E-state index in [9.17, 15) is 17.6 Å².